The lowest BCUT2D eigenvalue weighted by molar-refractivity contribution is 0.263. The molecule has 0 spiro atoms. The third-order valence-corrected chi connectivity index (χ3v) is 4.19. The first-order valence-electron chi connectivity index (χ1n) is 8.49. The third-order valence-electron chi connectivity index (χ3n) is 4.19. The van der Waals surface area contributed by atoms with Crippen molar-refractivity contribution < 1.29 is 9.47 Å². The first kappa shape index (κ1) is 16.5. The molecule has 1 aliphatic rings. The lowest BCUT2D eigenvalue weighted by Gasteiger charge is -2.14. The minimum atomic E-state index is 0.516. The van der Waals surface area contributed by atoms with Crippen LogP contribution in [-0.4, -0.2) is 31.1 Å². The van der Waals surface area contributed by atoms with Gasteiger partial charge in [-0.2, -0.15) is 0 Å². The van der Waals surface area contributed by atoms with Crippen LogP contribution >= 0.6 is 0 Å². The zero-order valence-electron chi connectivity index (χ0n) is 13.9. The van der Waals surface area contributed by atoms with Gasteiger partial charge in [-0.05, 0) is 56.6 Å². The summed E-state index contributed by atoms with van der Waals surface area (Å²) in [5.41, 5.74) is 12.6. The molecule has 128 valence electrons. The molecule has 1 saturated heterocycles. The van der Waals surface area contributed by atoms with E-state index in [-0.39, 0.29) is 0 Å². The maximum Gasteiger partial charge on any atom is 0.131 e. The fourth-order valence-electron chi connectivity index (χ4n) is 2.86. The van der Waals surface area contributed by atoms with Crippen LogP contribution < -0.4 is 20.9 Å². The highest BCUT2D eigenvalue weighted by Crippen LogP contribution is 2.28. The van der Waals surface area contributed by atoms with Crippen molar-refractivity contribution >= 4 is 11.4 Å². The van der Waals surface area contributed by atoms with Gasteiger partial charge in [0.05, 0.1) is 18.0 Å². The summed E-state index contributed by atoms with van der Waals surface area (Å²) in [7, 11) is 0. The van der Waals surface area contributed by atoms with Crippen LogP contribution in [-0.2, 0) is 0 Å². The number of hydrogen-bond donors (Lipinski definition) is 2. The van der Waals surface area contributed by atoms with Gasteiger partial charge in [0, 0.05) is 18.7 Å². The largest absolute Gasteiger partial charge is 0.493 e. The van der Waals surface area contributed by atoms with Crippen molar-refractivity contribution in [1.29, 1.82) is 0 Å². The van der Waals surface area contributed by atoms with Crippen molar-refractivity contribution in [2.75, 3.05) is 37.7 Å². The van der Waals surface area contributed by atoms with E-state index < -0.39 is 0 Å². The predicted octanol–water partition coefficient (Wildman–Crippen LogP) is 3.51. The topological polar surface area (TPSA) is 73.7 Å². The van der Waals surface area contributed by atoms with Gasteiger partial charge in [0.15, 0.2) is 0 Å². The van der Waals surface area contributed by atoms with Crippen LogP contribution in [0.2, 0.25) is 0 Å². The minimum Gasteiger partial charge on any atom is -0.493 e. The molecule has 0 unspecified atom stereocenters. The molecule has 0 aromatic heterocycles. The van der Waals surface area contributed by atoms with Crippen molar-refractivity contribution in [2.45, 2.75) is 19.3 Å². The Balaban J connectivity index is 1.50. The zero-order valence-corrected chi connectivity index (χ0v) is 13.9. The van der Waals surface area contributed by atoms with E-state index in [0.29, 0.717) is 17.1 Å². The summed E-state index contributed by atoms with van der Waals surface area (Å²) >= 11 is 0. The number of likely N-dealkylation sites (tertiary alicyclic amines) is 1. The van der Waals surface area contributed by atoms with Crippen molar-refractivity contribution in [1.82, 2.24) is 4.90 Å². The fourth-order valence-corrected chi connectivity index (χ4v) is 2.86. The van der Waals surface area contributed by atoms with Crippen molar-refractivity contribution in [3.05, 3.63) is 42.5 Å². The number of rotatable bonds is 7. The zero-order chi connectivity index (χ0) is 16.8. The van der Waals surface area contributed by atoms with Crippen LogP contribution in [0, 0.1) is 0 Å². The molecule has 4 N–H and O–H groups in total. The molecule has 2 aromatic rings. The van der Waals surface area contributed by atoms with Crippen LogP contribution in [0.3, 0.4) is 0 Å². The summed E-state index contributed by atoms with van der Waals surface area (Å²) < 4.78 is 11.7. The molecule has 3 rings (SSSR count). The highest BCUT2D eigenvalue weighted by molar-refractivity contribution is 5.65. The SMILES string of the molecule is Nc1ccc(Oc2cccc(OCCCN3CCCC3)c2)cc1N. The smallest absolute Gasteiger partial charge is 0.131 e. The lowest BCUT2D eigenvalue weighted by Crippen LogP contribution is -2.21. The van der Waals surface area contributed by atoms with Crippen LogP contribution in [0.15, 0.2) is 42.5 Å². The molecular weight excluding hydrogens is 302 g/mol. The van der Waals surface area contributed by atoms with Crippen molar-refractivity contribution in [3.8, 4) is 17.2 Å². The van der Waals surface area contributed by atoms with Gasteiger partial charge >= 0.3 is 0 Å². The molecule has 0 aliphatic carbocycles. The molecule has 5 nitrogen and oxygen atoms in total. The Morgan fingerprint density at radius 1 is 0.875 bits per heavy atom. The van der Waals surface area contributed by atoms with Gasteiger partial charge in [0.2, 0.25) is 0 Å². The first-order chi connectivity index (χ1) is 11.7. The molecule has 1 heterocycles. The summed E-state index contributed by atoms with van der Waals surface area (Å²) in [4.78, 5) is 2.49. The quantitative estimate of drug-likeness (QED) is 0.601. The van der Waals surface area contributed by atoms with Gasteiger partial charge in [0.25, 0.3) is 0 Å². The average Bonchev–Trinajstić information content (AvgIpc) is 3.09. The van der Waals surface area contributed by atoms with E-state index in [1.54, 1.807) is 18.2 Å². The molecule has 24 heavy (non-hydrogen) atoms. The standard InChI is InChI=1S/C19H25N3O2/c20-18-8-7-17(14-19(18)21)24-16-6-3-5-15(13-16)23-12-4-11-22-9-1-2-10-22/h3,5-8,13-14H,1-2,4,9-12,20-21H2. The number of nitrogens with two attached hydrogens (primary N) is 2. The highest BCUT2D eigenvalue weighted by Gasteiger charge is 2.10. The number of nitrogen functional groups attached to an aromatic ring is 2. The first-order valence-corrected chi connectivity index (χ1v) is 8.49. The molecule has 1 aliphatic heterocycles. The lowest BCUT2D eigenvalue weighted by atomic mass is 10.2. The second-order valence-electron chi connectivity index (χ2n) is 6.12. The second-order valence-corrected chi connectivity index (χ2v) is 6.12. The van der Waals surface area contributed by atoms with Crippen LogP contribution in [0.25, 0.3) is 0 Å². The van der Waals surface area contributed by atoms with Crippen molar-refractivity contribution in [2.24, 2.45) is 0 Å². The number of anilines is 2. The van der Waals surface area contributed by atoms with E-state index >= 15 is 0 Å². The Labute approximate surface area is 143 Å². The maximum absolute atomic E-state index is 5.84. The highest BCUT2D eigenvalue weighted by atomic mass is 16.5. The fraction of sp³-hybridized carbons (Fsp3) is 0.368. The van der Waals surface area contributed by atoms with E-state index in [0.717, 1.165) is 31.1 Å². The molecule has 0 radical (unpaired) electrons. The van der Waals surface area contributed by atoms with E-state index in [1.165, 1.54) is 25.9 Å². The molecule has 0 amide bonds. The van der Waals surface area contributed by atoms with Gasteiger partial charge in [-0.3, -0.25) is 0 Å². The summed E-state index contributed by atoms with van der Waals surface area (Å²) in [6.45, 7) is 4.29. The normalized spacial score (nSPS) is 14.7. The van der Waals surface area contributed by atoms with E-state index in [2.05, 4.69) is 4.90 Å². The maximum atomic E-state index is 5.84. The monoisotopic (exact) mass is 327 g/mol. The Morgan fingerprint density at radius 3 is 2.42 bits per heavy atom. The predicted molar refractivity (Wildman–Crippen MR) is 97.6 cm³/mol. The van der Waals surface area contributed by atoms with E-state index in [9.17, 15) is 0 Å². The minimum absolute atomic E-state index is 0.516. The number of ether oxygens (including phenoxy) is 2. The number of hydrogen-bond acceptors (Lipinski definition) is 5. The Morgan fingerprint density at radius 2 is 1.62 bits per heavy atom. The molecule has 0 bridgehead atoms. The second kappa shape index (κ2) is 7.93. The van der Waals surface area contributed by atoms with Gasteiger partial charge in [-0.15, -0.1) is 0 Å². The Kier molecular flexibility index (Phi) is 5.43. The van der Waals surface area contributed by atoms with Gasteiger partial charge in [0.1, 0.15) is 17.2 Å². The molecule has 1 fully saturated rings. The average molecular weight is 327 g/mol. The van der Waals surface area contributed by atoms with Gasteiger partial charge in [-0.1, -0.05) is 6.07 Å². The van der Waals surface area contributed by atoms with Crippen LogP contribution in [0.1, 0.15) is 19.3 Å². The molecule has 2 aromatic carbocycles. The molecule has 0 saturated carbocycles. The Bertz CT molecular complexity index is 669. The van der Waals surface area contributed by atoms with Crippen LogP contribution in [0.5, 0.6) is 17.2 Å². The summed E-state index contributed by atoms with van der Waals surface area (Å²) in [6.07, 6.45) is 3.70. The van der Waals surface area contributed by atoms with Crippen LogP contribution in [0.4, 0.5) is 11.4 Å². The summed E-state index contributed by atoms with van der Waals surface area (Å²) in [5.74, 6) is 2.20. The molecule has 0 atom stereocenters. The Hall–Kier alpha value is -2.40. The van der Waals surface area contributed by atoms with E-state index in [4.69, 9.17) is 20.9 Å². The van der Waals surface area contributed by atoms with Gasteiger partial charge < -0.3 is 25.8 Å². The van der Waals surface area contributed by atoms with Gasteiger partial charge in [-0.25, -0.2) is 0 Å². The molecular formula is C19H25N3O2. The third kappa shape index (κ3) is 4.55. The number of nitrogens with zero attached hydrogens (tertiary/aromatic N) is 1. The summed E-state index contributed by atoms with van der Waals surface area (Å²) in [5, 5.41) is 0. The van der Waals surface area contributed by atoms with E-state index in [1.807, 2.05) is 24.3 Å². The molecule has 5 heteroatoms. The van der Waals surface area contributed by atoms with Crippen molar-refractivity contribution in [3.63, 3.8) is 0 Å². The number of benzene rings is 2. The summed E-state index contributed by atoms with van der Waals surface area (Å²) in [6, 6.07) is 12.9.